The second-order valence-corrected chi connectivity index (χ2v) is 6.55. The van der Waals surface area contributed by atoms with Crippen molar-refractivity contribution in [2.24, 2.45) is 5.92 Å². The van der Waals surface area contributed by atoms with Crippen LogP contribution < -0.4 is 0 Å². The van der Waals surface area contributed by atoms with Crippen molar-refractivity contribution in [2.75, 3.05) is 0 Å². The molecule has 120 valence electrons. The molecule has 2 fully saturated rings. The van der Waals surface area contributed by atoms with Crippen molar-refractivity contribution in [3.05, 3.63) is 11.8 Å². The number of nitrogens with zero attached hydrogens (tertiary/aromatic N) is 1. The van der Waals surface area contributed by atoms with Gasteiger partial charge < -0.3 is 9.84 Å². The van der Waals surface area contributed by atoms with Crippen molar-refractivity contribution in [3.63, 3.8) is 0 Å². The summed E-state index contributed by atoms with van der Waals surface area (Å²) in [6.07, 6.45) is 4.06. The highest BCUT2D eigenvalue weighted by Gasteiger charge is 2.50. The van der Waals surface area contributed by atoms with Crippen LogP contribution in [-0.2, 0) is 9.53 Å². The molecule has 0 aromatic rings. The van der Waals surface area contributed by atoms with E-state index in [9.17, 15) is 9.59 Å². The second-order valence-electron chi connectivity index (χ2n) is 6.55. The van der Waals surface area contributed by atoms with Crippen LogP contribution in [-0.4, -0.2) is 33.6 Å². The zero-order valence-electron chi connectivity index (χ0n) is 13.7. The summed E-state index contributed by atoms with van der Waals surface area (Å²) < 4.78 is 5.25. The Kier molecular flexibility index (Phi) is 5.81. The number of ether oxygens (including phenoxy) is 1. The number of imide groups is 1. The molecule has 5 heteroatoms. The molecule has 21 heavy (non-hydrogen) atoms. The van der Waals surface area contributed by atoms with Crippen LogP contribution in [0.15, 0.2) is 11.8 Å². The summed E-state index contributed by atoms with van der Waals surface area (Å²) in [5.74, 6) is -0.448. The van der Waals surface area contributed by atoms with Gasteiger partial charge in [0.2, 0.25) is 0 Å². The van der Waals surface area contributed by atoms with Crippen molar-refractivity contribution in [1.82, 2.24) is 4.90 Å². The van der Waals surface area contributed by atoms with Gasteiger partial charge in [-0.3, -0.25) is 4.79 Å². The van der Waals surface area contributed by atoms with E-state index in [-0.39, 0.29) is 12.0 Å². The number of likely N-dealkylation sites (tertiary alicyclic amines) is 1. The predicted molar refractivity (Wildman–Crippen MR) is 80.9 cm³/mol. The predicted octanol–water partition coefficient (Wildman–Crippen LogP) is 3.79. The Hall–Kier alpha value is -1.52. The smallest absolute Gasteiger partial charge is 0.417 e. The first kappa shape index (κ1) is 17.5. The van der Waals surface area contributed by atoms with E-state index < -0.39 is 17.6 Å². The first-order chi connectivity index (χ1) is 9.76. The SMILES string of the molecule is CC(C)(C)OC(=O)N1C(=O)/C(=C/O)C2CCCC21.CCC. The third kappa shape index (κ3) is 3.99. The van der Waals surface area contributed by atoms with Gasteiger partial charge in [0.05, 0.1) is 17.9 Å². The van der Waals surface area contributed by atoms with Crippen LogP contribution in [0.2, 0.25) is 0 Å². The summed E-state index contributed by atoms with van der Waals surface area (Å²) in [7, 11) is 0. The Bertz CT molecular complexity index is 422. The Labute approximate surface area is 127 Å². The van der Waals surface area contributed by atoms with Gasteiger partial charge in [0, 0.05) is 5.92 Å². The molecular weight excluding hydrogens is 270 g/mol. The highest BCUT2D eigenvalue weighted by atomic mass is 16.6. The summed E-state index contributed by atoms with van der Waals surface area (Å²) in [5.41, 5.74) is -0.291. The first-order valence-corrected chi connectivity index (χ1v) is 7.67. The van der Waals surface area contributed by atoms with Gasteiger partial charge in [0.15, 0.2) is 0 Å². The van der Waals surface area contributed by atoms with Gasteiger partial charge in [0.25, 0.3) is 5.91 Å². The van der Waals surface area contributed by atoms with E-state index >= 15 is 0 Å². The van der Waals surface area contributed by atoms with E-state index in [1.807, 2.05) is 0 Å². The number of hydrogen-bond donors (Lipinski definition) is 1. The molecule has 1 aliphatic heterocycles. The molecule has 0 spiro atoms. The number of aliphatic hydroxyl groups excluding tert-OH is 1. The average molecular weight is 297 g/mol. The Morgan fingerprint density at radius 2 is 1.95 bits per heavy atom. The number of amides is 2. The zero-order valence-corrected chi connectivity index (χ0v) is 13.7. The molecule has 1 aliphatic carbocycles. The lowest BCUT2D eigenvalue weighted by atomic mass is 10.00. The third-order valence-corrected chi connectivity index (χ3v) is 3.41. The lowest BCUT2D eigenvalue weighted by Gasteiger charge is -2.26. The minimum atomic E-state index is -0.628. The zero-order chi connectivity index (χ0) is 16.2. The molecule has 2 aliphatic rings. The van der Waals surface area contributed by atoms with E-state index in [0.29, 0.717) is 5.57 Å². The van der Waals surface area contributed by atoms with Gasteiger partial charge in [-0.05, 0) is 33.6 Å². The van der Waals surface area contributed by atoms with Crippen LogP contribution in [0.25, 0.3) is 0 Å². The molecule has 2 rings (SSSR count). The molecule has 0 aromatic carbocycles. The van der Waals surface area contributed by atoms with Crippen LogP contribution >= 0.6 is 0 Å². The Morgan fingerprint density at radius 3 is 2.43 bits per heavy atom. The van der Waals surface area contributed by atoms with Gasteiger partial charge in [0.1, 0.15) is 5.60 Å². The number of rotatable bonds is 0. The third-order valence-electron chi connectivity index (χ3n) is 3.41. The summed E-state index contributed by atoms with van der Waals surface area (Å²) in [5, 5.41) is 9.15. The van der Waals surface area contributed by atoms with Crippen molar-refractivity contribution in [3.8, 4) is 0 Å². The number of aliphatic hydroxyl groups is 1. The topological polar surface area (TPSA) is 66.8 Å². The van der Waals surface area contributed by atoms with Gasteiger partial charge in [-0.1, -0.05) is 26.7 Å². The monoisotopic (exact) mass is 297 g/mol. The Morgan fingerprint density at radius 1 is 1.38 bits per heavy atom. The minimum Gasteiger partial charge on any atom is -0.515 e. The highest BCUT2D eigenvalue weighted by Crippen LogP contribution is 2.42. The molecule has 1 N–H and O–H groups in total. The largest absolute Gasteiger partial charge is 0.515 e. The first-order valence-electron chi connectivity index (χ1n) is 7.67. The molecule has 1 saturated carbocycles. The maximum atomic E-state index is 12.1. The molecule has 0 radical (unpaired) electrons. The second kappa shape index (κ2) is 6.96. The van der Waals surface area contributed by atoms with E-state index in [0.717, 1.165) is 25.5 Å². The molecule has 1 saturated heterocycles. The summed E-state index contributed by atoms with van der Waals surface area (Å²) in [6.45, 7) is 9.54. The molecule has 5 nitrogen and oxygen atoms in total. The van der Waals surface area contributed by atoms with Crippen molar-refractivity contribution < 1.29 is 19.4 Å². The van der Waals surface area contributed by atoms with Gasteiger partial charge >= 0.3 is 6.09 Å². The van der Waals surface area contributed by atoms with Crippen LogP contribution in [0.1, 0.15) is 60.3 Å². The van der Waals surface area contributed by atoms with Crippen LogP contribution in [0.5, 0.6) is 0 Å². The molecule has 1 heterocycles. The maximum Gasteiger partial charge on any atom is 0.417 e. The van der Waals surface area contributed by atoms with E-state index in [4.69, 9.17) is 9.84 Å². The molecule has 2 unspecified atom stereocenters. The van der Waals surface area contributed by atoms with Crippen LogP contribution in [0.3, 0.4) is 0 Å². The van der Waals surface area contributed by atoms with E-state index in [2.05, 4.69) is 13.8 Å². The van der Waals surface area contributed by atoms with Crippen LogP contribution in [0, 0.1) is 5.92 Å². The van der Waals surface area contributed by atoms with Crippen LogP contribution in [0.4, 0.5) is 4.79 Å². The van der Waals surface area contributed by atoms with Crippen molar-refractivity contribution in [2.45, 2.75) is 71.9 Å². The number of hydrogen-bond acceptors (Lipinski definition) is 4. The van der Waals surface area contributed by atoms with Crippen molar-refractivity contribution in [1.29, 1.82) is 0 Å². The lowest BCUT2D eigenvalue weighted by molar-refractivity contribution is -0.125. The standard InChI is InChI=1S/C13H19NO4.C3H8/c1-13(2,3)18-12(17)14-10-6-4-5-8(10)9(7-15)11(14)16;1-3-2/h7-8,10,15H,4-6H2,1-3H3;3H2,1-2H3/b9-7+;. The van der Waals surface area contributed by atoms with Crippen molar-refractivity contribution >= 4 is 12.0 Å². The normalized spacial score (nSPS) is 26.4. The highest BCUT2D eigenvalue weighted by molar-refractivity contribution is 6.05. The fraction of sp³-hybridized carbons (Fsp3) is 0.750. The summed E-state index contributed by atoms with van der Waals surface area (Å²) in [6, 6.07) is -0.147. The Balaban J connectivity index is 0.000000677. The average Bonchev–Trinajstić information content (AvgIpc) is 2.86. The number of fused-ring (bicyclic) bond motifs is 1. The summed E-state index contributed by atoms with van der Waals surface area (Å²) in [4.78, 5) is 25.3. The van der Waals surface area contributed by atoms with E-state index in [1.165, 1.54) is 11.3 Å². The minimum absolute atomic E-state index is 0.0324. The molecule has 2 amide bonds. The molecule has 2 atom stereocenters. The van der Waals surface area contributed by atoms with Gasteiger partial charge in [-0.25, -0.2) is 9.69 Å². The fourth-order valence-electron chi connectivity index (χ4n) is 2.74. The summed E-state index contributed by atoms with van der Waals surface area (Å²) >= 11 is 0. The molecular formula is C16H27NO4. The van der Waals surface area contributed by atoms with E-state index in [1.54, 1.807) is 20.8 Å². The lowest BCUT2D eigenvalue weighted by Crippen LogP contribution is -2.42. The number of carbonyl (C=O) groups excluding carboxylic acids is 2. The maximum absolute atomic E-state index is 12.1. The fourth-order valence-corrected chi connectivity index (χ4v) is 2.74. The van der Waals surface area contributed by atoms with Gasteiger partial charge in [-0.15, -0.1) is 0 Å². The number of carbonyl (C=O) groups is 2. The molecule has 0 aromatic heterocycles. The van der Waals surface area contributed by atoms with Gasteiger partial charge in [-0.2, -0.15) is 0 Å². The molecule has 0 bridgehead atoms. The quantitative estimate of drug-likeness (QED) is 0.545.